The number of hydrogen-bond acceptors (Lipinski definition) is 5. The molecule has 120 valence electrons. The smallest absolute Gasteiger partial charge is 0.414 e. The van der Waals surface area contributed by atoms with Gasteiger partial charge in [0, 0.05) is 31.1 Å². The van der Waals surface area contributed by atoms with Gasteiger partial charge in [-0.1, -0.05) is 0 Å². The molecule has 15 heteroatoms. The third kappa shape index (κ3) is 80.5. The fraction of sp³-hybridized carbons (Fsp3) is 0. The van der Waals surface area contributed by atoms with E-state index in [2.05, 4.69) is 0 Å². The topological polar surface area (TPSA) is 341 Å². The molecule has 0 atom stereocenters. The van der Waals surface area contributed by atoms with Gasteiger partial charge in [-0.05, 0) is 0 Å². The molecule has 15 N–H and O–H groups in total. The molecule has 0 aromatic rings. The summed E-state index contributed by atoms with van der Waals surface area (Å²) in [7, 11) is 0. The van der Waals surface area contributed by atoms with Crippen LogP contribution in [0.4, 0.5) is 0 Å². The summed E-state index contributed by atoms with van der Waals surface area (Å²) >= 11 is 0. The molecule has 0 radical (unpaired) electrons. The number of carboxylic acids is 4. The van der Waals surface area contributed by atoms with Crippen molar-refractivity contribution < 1.29 is 104 Å². The van der Waals surface area contributed by atoms with Crippen molar-refractivity contribution in [2.24, 2.45) is 0 Å². The predicted molar refractivity (Wildman–Crippen MR) is 49.6 cm³/mol. The molecule has 0 bridgehead atoms. The second kappa shape index (κ2) is 36.0. The molecule has 0 fully saturated rings. The number of carbonyl (C=O) groups is 4. The van der Waals surface area contributed by atoms with Crippen LogP contribution < -0.4 is 5.11 Å². The molecular formula is C4H15O14U-. The molecule has 0 unspecified atom stereocenters. The number of aliphatic carboxylic acids is 4. The van der Waals surface area contributed by atoms with E-state index in [1.54, 1.807) is 0 Å². The molecule has 19 heavy (non-hydrogen) atoms. The minimum Gasteiger partial charge on any atom is -0.539 e. The zero-order valence-corrected chi connectivity index (χ0v) is 13.0. The maximum Gasteiger partial charge on any atom is 0.414 e. The van der Waals surface area contributed by atoms with Crippen molar-refractivity contribution in [1.82, 2.24) is 0 Å². The van der Waals surface area contributed by atoms with Crippen LogP contribution in [0.5, 0.6) is 0 Å². The third-order valence-electron chi connectivity index (χ3n) is 0.358. The van der Waals surface area contributed by atoms with E-state index in [1.807, 2.05) is 0 Å². The maximum atomic E-state index is 9.10. The third-order valence-corrected chi connectivity index (χ3v) is 0.358. The van der Waals surface area contributed by atoms with Gasteiger partial charge in [0.1, 0.15) is 0 Å². The molecule has 0 spiro atoms. The maximum absolute atomic E-state index is 9.10. The van der Waals surface area contributed by atoms with Crippen LogP contribution in [-0.4, -0.2) is 72.1 Å². The average molecular weight is 525 g/mol. The van der Waals surface area contributed by atoms with Crippen molar-refractivity contribution in [3.63, 3.8) is 0 Å². The largest absolute Gasteiger partial charge is 0.539 e. The van der Waals surface area contributed by atoms with E-state index in [-0.39, 0.29) is 64.0 Å². The van der Waals surface area contributed by atoms with E-state index in [0.717, 1.165) is 0 Å². The molecule has 0 amide bonds. The molecule has 0 saturated heterocycles. The Morgan fingerprint density at radius 1 is 0.579 bits per heavy atom. The van der Waals surface area contributed by atoms with Crippen molar-refractivity contribution in [3.8, 4) is 0 Å². The quantitative estimate of drug-likeness (QED) is 0.254. The molecule has 0 aliphatic carbocycles. The van der Waals surface area contributed by atoms with Crippen LogP contribution in [0.25, 0.3) is 0 Å². The fourth-order valence-corrected chi connectivity index (χ4v) is 0. The van der Waals surface area contributed by atoms with Crippen LogP contribution in [0.15, 0.2) is 0 Å². The summed E-state index contributed by atoms with van der Waals surface area (Å²) in [6, 6.07) is 0. The van der Waals surface area contributed by atoms with Crippen LogP contribution >= 0.6 is 0 Å². The second-order valence-electron chi connectivity index (χ2n) is 1.20. The molecule has 0 aliphatic heterocycles. The van der Waals surface area contributed by atoms with Gasteiger partial charge in [-0.25, -0.2) is 14.4 Å². The Hall–Kier alpha value is -1.31. The standard InChI is InChI=1S/2C2H2O4.6H2O.U/c2*3-1(4)2(5)6;;;;;;;/h2*(H,3,4)(H,5,6);6*1H2;/p-1. The molecule has 0 aromatic heterocycles. The van der Waals surface area contributed by atoms with Crippen LogP contribution in [-0.2, 0) is 19.2 Å². The molecule has 0 aliphatic rings. The van der Waals surface area contributed by atoms with E-state index in [9.17, 15) is 0 Å². The number of carbonyl (C=O) groups excluding carboxylic acids is 1. The zero-order chi connectivity index (χ0) is 10.3. The summed E-state index contributed by atoms with van der Waals surface area (Å²) in [5, 5.41) is 31.1. The van der Waals surface area contributed by atoms with Gasteiger partial charge >= 0.3 is 17.9 Å². The van der Waals surface area contributed by atoms with Gasteiger partial charge in [-0.3, -0.25) is 0 Å². The molecule has 0 saturated carbocycles. The van der Waals surface area contributed by atoms with Crippen molar-refractivity contribution in [2.45, 2.75) is 0 Å². The van der Waals surface area contributed by atoms with Gasteiger partial charge in [0.2, 0.25) is 0 Å². The molecule has 14 nitrogen and oxygen atoms in total. The first-order chi connectivity index (χ1) is 5.29. The van der Waals surface area contributed by atoms with E-state index >= 15 is 0 Å². The van der Waals surface area contributed by atoms with E-state index < -0.39 is 23.9 Å². The Morgan fingerprint density at radius 3 is 0.684 bits per heavy atom. The van der Waals surface area contributed by atoms with E-state index in [0.29, 0.717) is 0 Å². The number of rotatable bonds is 0. The number of carboxylic acid groups (broad SMARTS) is 4. The summed E-state index contributed by atoms with van der Waals surface area (Å²) in [6.07, 6.45) is 0. The predicted octanol–water partition coefficient (Wildman–Crippen LogP) is -7.97. The Bertz CT molecular complexity index is 175. The van der Waals surface area contributed by atoms with Crippen LogP contribution in [0.3, 0.4) is 0 Å². The molecular weight excluding hydrogens is 510 g/mol. The van der Waals surface area contributed by atoms with E-state index in [4.69, 9.17) is 39.6 Å². The van der Waals surface area contributed by atoms with Crippen LogP contribution in [0.2, 0.25) is 0 Å². The molecule has 0 rings (SSSR count). The molecule has 0 aromatic carbocycles. The summed E-state index contributed by atoms with van der Waals surface area (Å²) in [6.45, 7) is 0. The van der Waals surface area contributed by atoms with Gasteiger partial charge in [-0.15, -0.1) is 0 Å². The van der Waals surface area contributed by atoms with Crippen molar-refractivity contribution >= 4 is 23.9 Å². The Labute approximate surface area is 127 Å². The first kappa shape index (κ1) is 65.2. The van der Waals surface area contributed by atoms with Crippen LogP contribution in [0, 0.1) is 31.1 Å². The van der Waals surface area contributed by atoms with Crippen molar-refractivity contribution in [3.05, 3.63) is 0 Å². The monoisotopic (exact) mass is 525 g/mol. The van der Waals surface area contributed by atoms with Gasteiger partial charge in [0.05, 0.1) is 0 Å². The van der Waals surface area contributed by atoms with Gasteiger partial charge in [0.15, 0.2) is 5.97 Å². The Kier molecular flexibility index (Phi) is 123. The summed E-state index contributed by atoms with van der Waals surface area (Å²) in [5.41, 5.74) is 0. The average Bonchev–Trinajstić information content (AvgIpc) is 1.88. The normalized spacial score (nSPS) is 4.63. The fourth-order valence-electron chi connectivity index (χ4n) is 0. The number of hydrogen-bond donors (Lipinski definition) is 3. The minimum absolute atomic E-state index is 0. The van der Waals surface area contributed by atoms with E-state index in [1.165, 1.54) is 0 Å². The van der Waals surface area contributed by atoms with Crippen molar-refractivity contribution in [1.29, 1.82) is 0 Å². The second-order valence-corrected chi connectivity index (χ2v) is 1.20. The SMILES string of the molecule is O.O.O.O.O.O.O=C(O)C(=O)O.O=C([O-])C(=O)O.[U]. The van der Waals surface area contributed by atoms with Crippen molar-refractivity contribution in [2.75, 3.05) is 0 Å². The zero-order valence-electron chi connectivity index (χ0n) is 8.88. The summed E-state index contributed by atoms with van der Waals surface area (Å²) < 4.78 is 0. The first-order valence-electron chi connectivity index (χ1n) is 2.19. The Morgan fingerprint density at radius 2 is 0.684 bits per heavy atom. The van der Waals surface area contributed by atoms with Gasteiger partial charge in [-0.2, -0.15) is 0 Å². The first-order valence-corrected chi connectivity index (χ1v) is 2.19. The summed E-state index contributed by atoms with van der Waals surface area (Å²) in [5.74, 6) is -7.66. The van der Waals surface area contributed by atoms with Gasteiger partial charge < -0.3 is 58.1 Å². The Balaban J connectivity index is -0.0000000110. The van der Waals surface area contributed by atoms with Gasteiger partial charge in [0.25, 0.3) is 0 Å². The summed E-state index contributed by atoms with van der Waals surface area (Å²) in [4.78, 5) is 36.2. The molecule has 0 heterocycles. The minimum atomic E-state index is -2.07. The van der Waals surface area contributed by atoms with Crippen LogP contribution in [0.1, 0.15) is 0 Å².